The molecule has 0 radical (unpaired) electrons. The van der Waals surface area contributed by atoms with E-state index < -0.39 is 24.4 Å². The number of benzene rings is 1. The van der Waals surface area contributed by atoms with Gasteiger partial charge in [0.05, 0.1) is 19.0 Å². The molecule has 2 amide bonds. The summed E-state index contributed by atoms with van der Waals surface area (Å²) in [6, 6.07) is 11.6. The molecule has 0 aliphatic rings. The Labute approximate surface area is 179 Å². The molecular formula is C22H22N4O5. The minimum atomic E-state index is -0.739. The molecule has 0 aliphatic carbocycles. The first-order chi connectivity index (χ1) is 14.9. The van der Waals surface area contributed by atoms with Crippen LogP contribution in [0.1, 0.15) is 46.2 Å². The SMILES string of the molecule is COc1ccc(C(=O)NC(=O)COC(=O)c2cnn(-c3ccccn3)c2C(C)C)cc1. The van der Waals surface area contributed by atoms with E-state index in [1.165, 1.54) is 25.4 Å². The van der Waals surface area contributed by atoms with Crippen molar-refractivity contribution in [1.82, 2.24) is 20.1 Å². The Balaban J connectivity index is 1.64. The van der Waals surface area contributed by atoms with E-state index >= 15 is 0 Å². The van der Waals surface area contributed by atoms with E-state index in [1.807, 2.05) is 19.9 Å². The molecule has 0 aliphatic heterocycles. The van der Waals surface area contributed by atoms with Crippen LogP contribution in [0.2, 0.25) is 0 Å². The highest BCUT2D eigenvalue weighted by Crippen LogP contribution is 2.22. The van der Waals surface area contributed by atoms with E-state index in [4.69, 9.17) is 9.47 Å². The first-order valence-electron chi connectivity index (χ1n) is 9.55. The average molecular weight is 422 g/mol. The maximum atomic E-state index is 12.6. The number of pyridine rings is 1. The quantitative estimate of drug-likeness (QED) is 0.582. The molecular weight excluding hydrogens is 400 g/mol. The van der Waals surface area contributed by atoms with E-state index in [2.05, 4.69) is 15.4 Å². The summed E-state index contributed by atoms with van der Waals surface area (Å²) in [5.41, 5.74) is 1.12. The van der Waals surface area contributed by atoms with Crippen molar-refractivity contribution in [3.8, 4) is 11.6 Å². The standard InChI is InChI=1S/C22H22N4O5/c1-14(2)20-17(12-24-26(20)18-6-4-5-11-23-18)22(29)31-13-19(27)25-21(28)15-7-9-16(30-3)10-8-15/h4-12,14H,13H2,1-3H3,(H,25,27,28). The number of nitrogens with one attached hydrogen (secondary N) is 1. The zero-order valence-corrected chi connectivity index (χ0v) is 17.4. The lowest BCUT2D eigenvalue weighted by molar-refractivity contribution is -0.123. The van der Waals surface area contributed by atoms with Crippen LogP contribution in [0, 0.1) is 0 Å². The number of hydrogen-bond donors (Lipinski definition) is 1. The summed E-state index contributed by atoms with van der Waals surface area (Å²) in [7, 11) is 1.51. The zero-order valence-electron chi connectivity index (χ0n) is 17.4. The van der Waals surface area contributed by atoms with Crippen molar-refractivity contribution in [3.63, 3.8) is 0 Å². The van der Waals surface area contributed by atoms with Gasteiger partial charge in [0.2, 0.25) is 0 Å². The number of rotatable bonds is 7. The fourth-order valence-corrected chi connectivity index (χ4v) is 2.92. The summed E-state index contributed by atoms with van der Waals surface area (Å²) in [5.74, 6) is -0.959. The summed E-state index contributed by atoms with van der Waals surface area (Å²) >= 11 is 0. The third-order valence-electron chi connectivity index (χ3n) is 4.38. The summed E-state index contributed by atoms with van der Waals surface area (Å²) in [6.07, 6.45) is 3.01. The van der Waals surface area contributed by atoms with Crippen molar-refractivity contribution < 1.29 is 23.9 Å². The van der Waals surface area contributed by atoms with Gasteiger partial charge in [-0.2, -0.15) is 5.10 Å². The van der Waals surface area contributed by atoms with Crippen LogP contribution in [0.4, 0.5) is 0 Å². The van der Waals surface area contributed by atoms with Gasteiger partial charge < -0.3 is 9.47 Å². The number of carbonyl (C=O) groups is 3. The topological polar surface area (TPSA) is 112 Å². The molecule has 1 N–H and O–H groups in total. The molecule has 3 aromatic rings. The largest absolute Gasteiger partial charge is 0.497 e. The van der Waals surface area contributed by atoms with Crippen molar-refractivity contribution >= 4 is 17.8 Å². The second kappa shape index (κ2) is 9.66. The molecule has 2 aromatic heterocycles. The molecule has 31 heavy (non-hydrogen) atoms. The number of methoxy groups -OCH3 is 1. The summed E-state index contributed by atoms with van der Waals surface area (Å²) < 4.78 is 11.7. The van der Waals surface area contributed by atoms with E-state index in [1.54, 1.807) is 35.1 Å². The number of amides is 2. The van der Waals surface area contributed by atoms with Crippen molar-refractivity contribution in [2.75, 3.05) is 13.7 Å². The fourth-order valence-electron chi connectivity index (χ4n) is 2.92. The first-order valence-corrected chi connectivity index (χ1v) is 9.55. The normalized spacial score (nSPS) is 10.6. The molecule has 9 nitrogen and oxygen atoms in total. The predicted molar refractivity (Wildman–Crippen MR) is 111 cm³/mol. The van der Waals surface area contributed by atoms with Gasteiger partial charge in [-0.1, -0.05) is 19.9 Å². The molecule has 0 saturated carbocycles. The van der Waals surface area contributed by atoms with Crippen molar-refractivity contribution in [1.29, 1.82) is 0 Å². The Morgan fingerprint density at radius 3 is 2.45 bits per heavy atom. The van der Waals surface area contributed by atoms with Crippen LogP contribution < -0.4 is 10.1 Å². The highest BCUT2D eigenvalue weighted by Gasteiger charge is 2.23. The molecule has 0 saturated heterocycles. The van der Waals surface area contributed by atoms with Gasteiger partial charge in [0.1, 0.15) is 11.3 Å². The van der Waals surface area contributed by atoms with E-state index in [0.29, 0.717) is 17.3 Å². The van der Waals surface area contributed by atoms with Crippen LogP contribution >= 0.6 is 0 Å². The maximum Gasteiger partial charge on any atom is 0.342 e. The molecule has 1 aromatic carbocycles. The molecule has 2 heterocycles. The number of aromatic nitrogens is 3. The lowest BCUT2D eigenvalue weighted by Gasteiger charge is -2.12. The number of carbonyl (C=O) groups excluding carboxylic acids is 3. The Morgan fingerprint density at radius 2 is 1.84 bits per heavy atom. The average Bonchev–Trinajstić information content (AvgIpc) is 3.24. The molecule has 0 spiro atoms. The number of ether oxygens (including phenoxy) is 2. The van der Waals surface area contributed by atoms with Gasteiger partial charge in [-0.25, -0.2) is 14.5 Å². The number of esters is 1. The molecule has 0 atom stereocenters. The van der Waals surface area contributed by atoms with Crippen LogP contribution in [0.25, 0.3) is 5.82 Å². The van der Waals surface area contributed by atoms with Crippen molar-refractivity contribution in [2.45, 2.75) is 19.8 Å². The first kappa shape index (κ1) is 21.7. The Morgan fingerprint density at radius 1 is 1.10 bits per heavy atom. The monoisotopic (exact) mass is 422 g/mol. The predicted octanol–water partition coefficient (Wildman–Crippen LogP) is 2.51. The van der Waals surface area contributed by atoms with Crippen LogP contribution in [0.15, 0.2) is 54.9 Å². The minimum Gasteiger partial charge on any atom is -0.497 e. The number of hydrogen-bond acceptors (Lipinski definition) is 7. The fraction of sp³-hybridized carbons (Fsp3) is 0.227. The maximum absolute atomic E-state index is 12.6. The van der Waals surface area contributed by atoms with Gasteiger partial charge in [0.15, 0.2) is 12.4 Å². The Kier molecular flexibility index (Phi) is 6.76. The Bertz CT molecular complexity index is 1080. The lowest BCUT2D eigenvalue weighted by atomic mass is 10.1. The third kappa shape index (κ3) is 5.13. The Hall–Kier alpha value is -4.01. The summed E-state index contributed by atoms with van der Waals surface area (Å²) in [6.45, 7) is 3.22. The van der Waals surface area contributed by atoms with Gasteiger partial charge in [-0.3, -0.25) is 14.9 Å². The lowest BCUT2D eigenvalue weighted by Crippen LogP contribution is -2.34. The van der Waals surface area contributed by atoms with E-state index in [0.717, 1.165) is 0 Å². The second-order valence-electron chi connectivity index (χ2n) is 6.88. The molecule has 3 rings (SSSR count). The van der Waals surface area contributed by atoms with E-state index in [-0.39, 0.29) is 17.0 Å². The van der Waals surface area contributed by atoms with Crippen molar-refractivity contribution in [2.24, 2.45) is 0 Å². The smallest absolute Gasteiger partial charge is 0.342 e. The molecule has 0 fully saturated rings. The zero-order chi connectivity index (χ0) is 22.4. The van der Waals surface area contributed by atoms with E-state index in [9.17, 15) is 14.4 Å². The molecule has 160 valence electrons. The van der Waals surface area contributed by atoms with Gasteiger partial charge in [0.25, 0.3) is 11.8 Å². The highest BCUT2D eigenvalue weighted by molar-refractivity contribution is 6.05. The van der Waals surface area contributed by atoms with Crippen LogP contribution in [0.5, 0.6) is 5.75 Å². The van der Waals surface area contributed by atoms with Gasteiger partial charge >= 0.3 is 5.97 Å². The molecule has 9 heteroatoms. The van der Waals surface area contributed by atoms with Crippen LogP contribution in [0.3, 0.4) is 0 Å². The summed E-state index contributed by atoms with van der Waals surface area (Å²) in [4.78, 5) is 41.0. The number of nitrogens with zero attached hydrogens (tertiary/aromatic N) is 3. The molecule has 0 bridgehead atoms. The van der Waals surface area contributed by atoms with Crippen LogP contribution in [-0.4, -0.2) is 46.3 Å². The van der Waals surface area contributed by atoms with Gasteiger partial charge in [-0.15, -0.1) is 0 Å². The molecule has 0 unspecified atom stereocenters. The number of imide groups is 1. The van der Waals surface area contributed by atoms with Crippen molar-refractivity contribution in [3.05, 3.63) is 71.7 Å². The second-order valence-corrected chi connectivity index (χ2v) is 6.88. The van der Waals surface area contributed by atoms with Gasteiger partial charge in [-0.05, 0) is 42.3 Å². The van der Waals surface area contributed by atoms with Crippen LogP contribution in [-0.2, 0) is 9.53 Å². The highest BCUT2D eigenvalue weighted by atomic mass is 16.5. The third-order valence-corrected chi connectivity index (χ3v) is 4.38. The van der Waals surface area contributed by atoms with Gasteiger partial charge in [0, 0.05) is 11.8 Å². The minimum absolute atomic E-state index is 0.0578. The summed E-state index contributed by atoms with van der Waals surface area (Å²) in [5, 5.41) is 6.43.